The average molecular weight is 267 g/mol. The van der Waals surface area contributed by atoms with E-state index >= 15 is 0 Å². The number of imidazole rings is 1. The molecule has 0 fully saturated rings. The van der Waals surface area contributed by atoms with E-state index in [1.54, 1.807) is 0 Å². The quantitative estimate of drug-likeness (QED) is 0.666. The van der Waals surface area contributed by atoms with E-state index in [1.807, 2.05) is 0 Å². The minimum Gasteiger partial charge on any atom is -0.394 e. The number of hydrogen-bond donors (Lipinski definition) is 2. The molecule has 9 nitrogen and oxygen atoms in total. The highest BCUT2D eigenvalue weighted by molar-refractivity contribution is 5.82. The highest BCUT2D eigenvalue weighted by Gasteiger charge is 2.15. The van der Waals surface area contributed by atoms with Crippen LogP contribution in [0.1, 0.15) is 11.7 Å². The molecule has 0 radical (unpaired) electrons. The number of carbonyl (C=O) groups excluding carboxylic acids is 1. The van der Waals surface area contributed by atoms with Gasteiger partial charge in [0.1, 0.15) is 6.73 Å². The molecule has 2 heterocycles. The van der Waals surface area contributed by atoms with E-state index < -0.39 is 11.5 Å². The zero-order chi connectivity index (χ0) is 14.0. The molecule has 3 N–H and O–H groups in total. The SMILES string of the molecule is CC(=O)n1c(N)nc2c(ncn2COCCO)c1=O. The largest absolute Gasteiger partial charge is 0.394 e. The lowest BCUT2D eigenvalue weighted by atomic mass is 10.5. The summed E-state index contributed by atoms with van der Waals surface area (Å²) in [6, 6.07) is 0. The van der Waals surface area contributed by atoms with Crippen molar-refractivity contribution in [2.75, 3.05) is 18.9 Å². The lowest BCUT2D eigenvalue weighted by Gasteiger charge is -2.06. The molecule has 0 spiro atoms. The summed E-state index contributed by atoms with van der Waals surface area (Å²) >= 11 is 0. The summed E-state index contributed by atoms with van der Waals surface area (Å²) in [6.07, 6.45) is 1.36. The number of nitrogens with two attached hydrogens (primary N) is 1. The highest BCUT2D eigenvalue weighted by Crippen LogP contribution is 2.08. The van der Waals surface area contributed by atoms with Gasteiger partial charge >= 0.3 is 0 Å². The second-order valence-corrected chi connectivity index (χ2v) is 3.78. The molecule has 0 aliphatic rings. The fourth-order valence-electron chi connectivity index (χ4n) is 1.64. The molecule has 102 valence electrons. The maximum absolute atomic E-state index is 12.0. The molecule has 0 saturated carbocycles. The molecule has 0 atom stereocenters. The van der Waals surface area contributed by atoms with Crippen LogP contribution < -0.4 is 11.3 Å². The zero-order valence-corrected chi connectivity index (χ0v) is 10.2. The maximum atomic E-state index is 12.0. The molecule has 19 heavy (non-hydrogen) atoms. The van der Waals surface area contributed by atoms with Crippen molar-refractivity contribution in [3.05, 3.63) is 16.7 Å². The number of aromatic nitrogens is 4. The third kappa shape index (κ3) is 2.33. The van der Waals surface area contributed by atoms with Crippen molar-refractivity contribution in [3.63, 3.8) is 0 Å². The van der Waals surface area contributed by atoms with Crippen LogP contribution in [0.5, 0.6) is 0 Å². The second kappa shape index (κ2) is 5.16. The van der Waals surface area contributed by atoms with Crippen LogP contribution in [-0.2, 0) is 11.5 Å². The van der Waals surface area contributed by atoms with Gasteiger partial charge in [-0.3, -0.25) is 14.2 Å². The molecule has 0 aliphatic heterocycles. The number of rotatable bonds is 4. The second-order valence-electron chi connectivity index (χ2n) is 3.78. The fourth-order valence-corrected chi connectivity index (χ4v) is 1.64. The first-order valence-corrected chi connectivity index (χ1v) is 5.49. The number of carbonyl (C=O) groups is 1. The van der Waals surface area contributed by atoms with Gasteiger partial charge in [0.15, 0.2) is 11.2 Å². The third-order valence-corrected chi connectivity index (χ3v) is 2.45. The highest BCUT2D eigenvalue weighted by atomic mass is 16.5. The van der Waals surface area contributed by atoms with Gasteiger partial charge in [-0.1, -0.05) is 0 Å². The van der Waals surface area contributed by atoms with Crippen LogP contribution in [0.25, 0.3) is 11.2 Å². The van der Waals surface area contributed by atoms with Gasteiger partial charge in [-0.25, -0.2) is 9.55 Å². The fraction of sp³-hybridized carbons (Fsp3) is 0.400. The van der Waals surface area contributed by atoms with E-state index in [4.69, 9.17) is 15.6 Å². The Morgan fingerprint density at radius 1 is 1.58 bits per heavy atom. The van der Waals surface area contributed by atoms with Gasteiger partial charge in [0.2, 0.25) is 11.9 Å². The number of fused-ring (bicyclic) bond motifs is 1. The smallest absolute Gasteiger partial charge is 0.289 e. The number of aliphatic hydroxyl groups is 1. The van der Waals surface area contributed by atoms with E-state index in [2.05, 4.69) is 9.97 Å². The molecule has 0 aromatic carbocycles. The first-order valence-electron chi connectivity index (χ1n) is 5.49. The number of nitrogens with zero attached hydrogens (tertiary/aromatic N) is 4. The van der Waals surface area contributed by atoms with E-state index in [1.165, 1.54) is 17.8 Å². The standard InChI is InChI=1S/C10H13N5O4/c1-6(17)15-9(18)7-8(13-10(15)11)14(4-12-7)5-19-3-2-16/h4,16H,2-3,5H2,1H3,(H2,11,13). The molecule has 2 aromatic heterocycles. The van der Waals surface area contributed by atoms with Gasteiger partial charge in [0.25, 0.3) is 5.56 Å². The maximum Gasteiger partial charge on any atom is 0.289 e. The van der Waals surface area contributed by atoms with Crippen molar-refractivity contribution in [1.29, 1.82) is 0 Å². The van der Waals surface area contributed by atoms with Crippen molar-refractivity contribution in [1.82, 2.24) is 19.1 Å². The Bertz CT molecular complexity index is 674. The Morgan fingerprint density at radius 3 is 2.95 bits per heavy atom. The zero-order valence-electron chi connectivity index (χ0n) is 10.2. The Morgan fingerprint density at radius 2 is 2.32 bits per heavy atom. The van der Waals surface area contributed by atoms with E-state index in [0.29, 0.717) is 0 Å². The van der Waals surface area contributed by atoms with Crippen LogP contribution in [0.2, 0.25) is 0 Å². The number of nitrogen functional groups attached to an aromatic ring is 1. The van der Waals surface area contributed by atoms with E-state index in [-0.39, 0.29) is 37.1 Å². The lowest BCUT2D eigenvalue weighted by Crippen LogP contribution is -2.28. The number of aliphatic hydroxyl groups excluding tert-OH is 1. The molecule has 0 amide bonds. The lowest BCUT2D eigenvalue weighted by molar-refractivity contribution is 0.0499. The first-order chi connectivity index (χ1) is 9.06. The van der Waals surface area contributed by atoms with E-state index in [9.17, 15) is 9.59 Å². The Labute approximate surface area is 107 Å². The minimum atomic E-state index is -0.615. The first kappa shape index (κ1) is 13.2. The molecule has 0 unspecified atom stereocenters. The molecule has 2 aromatic rings. The van der Waals surface area contributed by atoms with Crippen LogP contribution >= 0.6 is 0 Å². The van der Waals surface area contributed by atoms with Crippen molar-refractivity contribution in [2.24, 2.45) is 0 Å². The van der Waals surface area contributed by atoms with Crippen molar-refractivity contribution in [2.45, 2.75) is 13.7 Å². The van der Waals surface area contributed by atoms with Crippen LogP contribution in [0.3, 0.4) is 0 Å². The summed E-state index contributed by atoms with van der Waals surface area (Å²) in [5.74, 6) is -0.725. The summed E-state index contributed by atoms with van der Waals surface area (Å²) in [4.78, 5) is 31.2. The Balaban J connectivity index is 2.50. The Kier molecular flexibility index (Phi) is 3.58. The van der Waals surface area contributed by atoms with Crippen LogP contribution in [0.4, 0.5) is 5.95 Å². The topological polar surface area (TPSA) is 125 Å². The molecule has 0 bridgehead atoms. The van der Waals surface area contributed by atoms with Gasteiger partial charge in [-0.2, -0.15) is 4.98 Å². The molecule has 0 aliphatic carbocycles. The number of ether oxygens (including phenoxy) is 1. The van der Waals surface area contributed by atoms with Crippen molar-refractivity contribution < 1.29 is 14.6 Å². The molecule has 0 saturated heterocycles. The van der Waals surface area contributed by atoms with Gasteiger partial charge in [0.05, 0.1) is 19.5 Å². The van der Waals surface area contributed by atoms with Crippen LogP contribution in [-0.4, -0.2) is 43.3 Å². The number of hydrogen-bond acceptors (Lipinski definition) is 7. The average Bonchev–Trinajstić information content (AvgIpc) is 2.72. The van der Waals surface area contributed by atoms with Crippen molar-refractivity contribution in [3.8, 4) is 0 Å². The predicted molar refractivity (Wildman–Crippen MR) is 65.5 cm³/mol. The van der Waals surface area contributed by atoms with Gasteiger partial charge < -0.3 is 15.6 Å². The van der Waals surface area contributed by atoms with Crippen LogP contribution in [0, 0.1) is 0 Å². The normalized spacial score (nSPS) is 11.1. The summed E-state index contributed by atoms with van der Waals surface area (Å²) in [6.45, 7) is 1.33. The molecule has 9 heteroatoms. The molecular formula is C10H13N5O4. The monoisotopic (exact) mass is 267 g/mol. The van der Waals surface area contributed by atoms with E-state index in [0.717, 1.165) is 4.57 Å². The van der Waals surface area contributed by atoms with Crippen LogP contribution in [0.15, 0.2) is 11.1 Å². The van der Waals surface area contributed by atoms with Gasteiger partial charge in [-0.05, 0) is 0 Å². The Hall–Kier alpha value is -2.26. The van der Waals surface area contributed by atoms with Crippen molar-refractivity contribution >= 4 is 23.0 Å². The minimum absolute atomic E-state index is 0.0389. The molecular weight excluding hydrogens is 254 g/mol. The third-order valence-electron chi connectivity index (χ3n) is 2.45. The van der Waals surface area contributed by atoms with Gasteiger partial charge in [-0.15, -0.1) is 0 Å². The molecule has 2 rings (SSSR count). The summed E-state index contributed by atoms with van der Waals surface area (Å²) in [5, 5.41) is 8.62. The number of anilines is 1. The van der Waals surface area contributed by atoms with Gasteiger partial charge in [0, 0.05) is 6.92 Å². The summed E-state index contributed by atoms with van der Waals surface area (Å²) in [5.41, 5.74) is 5.24. The summed E-state index contributed by atoms with van der Waals surface area (Å²) < 4.78 is 7.33. The summed E-state index contributed by atoms with van der Waals surface area (Å²) in [7, 11) is 0. The predicted octanol–water partition coefficient (Wildman–Crippen LogP) is -1.20.